The molecule has 2 nitrogen and oxygen atoms in total. The number of benzene rings is 2. The van der Waals surface area contributed by atoms with Gasteiger partial charge in [-0.2, -0.15) is 0 Å². The third-order valence-electron chi connectivity index (χ3n) is 3.19. The fourth-order valence-corrected chi connectivity index (χ4v) is 2.33. The average molecular weight is 320 g/mol. The molecule has 108 valence electrons. The molecule has 0 aliphatic carbocycles. The minimum Gasteiger partial charge on any atom is -0.362 e. The minimum atomic E-state index is -0.173. The van der Waals surface area contributed by atoms with E-state index < -0.39 is 0 Å². The van der Waals surface area contributed by atoms with Crippen molar-refractivity contribution in [3.05, 3.63) is 75.4 Å². The van der Waals surface area contributed by atoms with Gasteiger partial charge in [0.25, 0.3) is 0 Å². The molecule has 0 radical (unpaired) electrons. The molecule has 0 spiro atoms. The number of allylic oxidation sites excluding steroid dienone is 1. The molecule has 2 aromatic rings. The van der Waals surface area contributed by atoms with Gasteiger partial charge in [0.2, 0.25) is 0 Å². The molecule has 0 fully saturated rings. The van der Waals surface area contributed by atoms with E-state index in [4.69, 9.17) is 23.2 Å². The molecule has 0 aliphatic heterocycles. The molecule has 0 heterocycles. The Morgan fingerprint density at radius 3 is 2.48 bits per heavy atom. The first-order chi connectivity index (χ1) is 9.97. The van der Waals surface area contributed by atoms with Gasteiger partial charge in [-0.3, -0.25) is 4.79 Å². The van der Waals surface area contributed by atoms with Gasteiger partial charge in [0.1, 0.15) is 0 Å². The maximum absolute atomic E-state index is 12.0. The average Bonchev–Trinajstić information content (AvgIpc) is 2.42. The van der Waals surface area contributed by atoms with Crippen molar-refractivity contribution >= 4 is 34.7 Å². The van der Waals surface area contributed by atoms with Crippen LogP contribution in [0.3, 0.4) is 0 Å². The minimum absolute atomic E-state index is 0.173. The van der Waals surface area contributed by atoms with Crippen molar-refractivity contribution in [2.24, 2.45) is 0 Å². The Kier molecular flexibility index (Phi) is 5.05. The van der Waals surface area contributed by atoms with E-state index in [0.29, 0.717) is 15.6 Å². The van der Waals surface area contributed by atoms with Crippen molar-refractivity contribution in [3.63, 3.8) is 0 Å². The summed E-state index contributed by atoms with van der Waals surface area (Å²) in [6, 6.07) is 10.8. The van der Waals surface area contributed by atoms with Crippen LogP contribution in [0, 0.1) is 13.8 Å². The van der Waals surface area contributed by atoms with Gasteiger partial charge >= 0.3 is 0 Å². The van der Waals surface area contributed by atoms with Gasteiger partial charge in [0.05, 0.1) is 5.02 Å². The first-order valence-corrected chi connectivity index (χ1v) is 7.22. The highest BCUT2D eigenvalue weighted by Gasteiger charge is 2.07. The molecule has 1 N–H and O–H groups in total. The number of carbonyl (C=O) groups is 1. The van der Waals surface area contributed by atoms with Crippen molar-refractivity contribution in [1.82, 2.24) is 0 Å². The molecule has 2 rings (SSSR count). The number of ketones is 1. The molecule has 0 bridgehead atoms. The normalized spacial score (nSPS) is 10.9. The summed E-state index contributed by atoms with van der Waals surface area (Å²) < 4.78 is 0. The Balaban J connectivity index is 2.06. The van der Waals surface area contributed by atoms with Crippen LogP contribution in [0.15, 0.2) is 48.7 Å². The molecule has 0 saturated heterocycles. The van der Waals surface area contributed by atoms with Crippen LogP contribution in [0.1, 0.15) is 21.5 Å². The monoisotopic (exact) mass is 319 g/mol. The molecule has 0 unspecified atom stereocenters. The number of halogens is 2. The van der Waals surface area contributed by atoms with Crippen LogP contribution in [-0.2, 0) is 0 Å². The maximum Gasteiger partial charge on any atom is 0.188 e. The lowest BCUT2D eigenvalue weighted by Gasteiger charge is -2.05. The van der Waals surface area contributed by atoms with Crippen molar-refractivity contribution in [2.75, 3.05) is 5.32 Å². The fourth-order valence-electron chi connectivity index (χ4n) is 1.82. The molecule has 0 saturated carbocycles. The molecule has 0 aromatic heterocycles. The quantitative estimate of drug-likeness (QED) is 0.602. The second-order valence-electron chi connectivity index (χ2n) is 4.77. The molecule has 0 aliphatic rings. The lowest BCUT2D eigenvalue weighted by Crippen LogP contribution is -1.97. The molecular formula is C17H15Cl2NO. The summed E-state index contributed by atoms with van der Waals surface area (Å²) in [7, 11) is 0. The zero-order chi connectivity index (χ0) is 15.4. The summed E-state index contributed by atoms with van der Waals surface area (Å²) in [6.07, 6.45) is 3.06. The highest BCUT2D eigenvalue weighted by Crippen LogP contribution is 2.21. The summed E-state index contributed by atoms with van der Waals surface area (Å²) >= 11 is 11.8. The smallest absolute Gasteiger partial charge is 0.188 e. The number of hydrogen-bond acceptors (Lipinski definition) is 2. The largest absolute Gasteiger partial charge is 0.362 e. The third-order valence-corrected chi connectivity index (χ3v) is 3.74. The Bertz CT molecular complexity index is 708. The van der Waals surface area contributed by atoms with Gasteiger partial charge in [-0.15, -0.1) is 0 Å². The van der Waals surface area contributed by atoms with Crippen LogP contribution in [-0.4, -0.2) is 5.78 Å². The van der Waals surface area contributed by atoms with E-state index in [-0.39, 0.29) is 5.78 Å². The van der Waals surface area contributed by atoms with E-state index in [1.54, 1.807) is 24.4 Å². The number of hydrogen-bond donors (Lipinski definition) is 1. The van der Waals surface area contributed by atoms with Crippen LogP contribution in [0.5, 0.6) is 0 Å². The van der Waals surface area contributed by atoms with E-state index in [2.05, 4.69) is 12.2 Å². The topological polar surface area (TPSA) is 29.1 Å². The van der Waals surface area contributed by atoms with Crippen LogP contribution in [0.4, 0.5) is 5.69 Å². The first-order valence-electron chi connectivity index (χ1n) is 6.47. The van der Waals surface area contributed by atoms with E-state index >= 15 is 0 Å². The second kappa shape index (κ2) is 6.79. The summed E-state index contributed by atoms with van der Waals surface area (Å²) in [6.45, 7) is 4.10. The van der Waals surface area contributed by atoms with Crippen molar-refractivity contribution in [3.8, 4) is 0 Å². The number of aryl methyl sites for hydroxylation is 2. The Labute approximate surface area is 134 Å². The zero-order valence-corrected chi connectivity index (χ0v) is 13.3. The van der Waals surface area contributed by atoms with Crippen LogP contribution in [0.2, 0.25) is 10.0 Å². The predicted molar refractivity (Wildman–Crippen MR) is 89.5 cm³/mol. The van der Waals surface area contributed by atoms with Crippen molar-refractivity contribution in [2.45, 2.75) is 13.8 Å². The van der Waals surface area contributed by atoms with E-state index in [1.165, 1.54) is 17.2 Å². The predicted octanol–water partition coefficient (Wildman–Crippen LogP) is 5.42. The number of anilines is 1. The van der Waals surface area contributed by atoms with E-state index in [0.717, 1.165) is 5.69 Å². The van der Waals surface area contributed by atoms with Gasteiger partial charge in [-0.1, -0.05) is 29.3 Å². The first kappa shape index (κ1) is 15.6. The Hall–Kier alpha value is -1.77. The summed E-state index contributed by atoms with van der Waals surface area (Å²) in [5.41, 5.74) is 3.79. The fraction of sp³-hybridized carbons (Fsp3) is 0.118. The lowest BCUT2D eigenvalue weighted by atomic mass is 10.1. The van der Waals surface area contributed by atoms with Crippen molar-refractivity contribution < 1.29 is 4.79 Å². The van der Waals surface area contributed by atoms with Crippen LogP contribution in [0.25, 0.3) is 0 Å². The Morgan fingerprint density at radius 1 is 1.05 bits per heavy atom. The van der Waals surface area contributed by atoms with E-state index in [1.807, 2.05) is 25.1 Å². The molecule has 2 aromatic carbocycles. The van der Waals surface area contributed by atoms with Gasteiger partial charge < -0.3 is 5.32 Å². The summed E-state index contributed by atoms with van der Waals surface area (Å²) in [5.74, 6) is -0.173. The number of carbonyl (C=O) groups excluding carboxylic acids is 1. The molecule has 21 heavy (non-hydrogen) atoms. The van der Waals surface area contributed by atoms with Gasteiger partial charge in [0.15, 0.2) is 5.78 Å². The van der Waals surface area contributed by atoms with Gasteiger partial charge in [-0.25, -0.2) is 0 Å². The van der Waals surface area contributed by atoms with Crippen molar-refractivity contribution in [1.29, 1.82) is 0 Å². The number of rotatable bonds is 4. The highest BCUT2D eigenvalue weighted by atomic mass is 35.5. The zero-order valence-electron chi connectivity index (χ0n) is 11.8. The lowest BCUT2D eigenvalue weighted by molar-refractivity contribution is 0.104. The molecule has 4 heteroatoms. The van der Waals surface area contributed by atoms with Gasteiger partial charge in [0, 0.05) is 28.5 Å². The van der Waals surface area contributed by atoms with Gasteiger partial charge in [-0.05, 0) is 55.3 Å². The third kappa shape index (κ3) is 4.10. The standard InChI is InChI=1S/C17H15Cl2NO/c1-11-3-5-14(9-12(11)2)20-8-7-17(21)15-6-4-13(18)10-16(15)19/h3-10,20H,1-2H3. The second-order valence-corrected chi connectivity index (χ2v) is 5.61. The van der Waals surface area contributed by atoms with Crippen LogP contribution < -0.4 is 5.32 Å². The number of nitrogens with one attached hydrogen (secondary N) is 1. The van der Waals surface area contributed by atoms with E-state index in [9.17, 15) is 4.79 Å². The summed E-state index contributed by atoms with van der Waals surface area (Å²) in [4.78, 5) is 12.0. The molecule has 0 amide bonds. The summed E-state index contributed by atoms with van der Waals surface area (Å²) in [5, 5.41) is 3.93. The SMILES string of the molecule is Cc1ccc(NC=CC(=O)c2ccc(Cl)cc2Cl)cc1C. The highest BCUT2D eigenvalue weighted by molar-refractivity contribution is 6.37. The maximum atomic E-state index is 12.0. The molecule has 0 atom stereocenters. The Morgan fingerprint density at radius 2 is 1.81 bits per heavy atom. The molecular weight excluding hydrogens is 305 g/mol. The van der Waals surface area contributed by atoms with Crippen LogP contribution >= 0.6 is 23.2 Å².